The number of carbonyl (C=O) groups is 1. The molecule has 1 amide bonds. The van der Waals surface area contributed by atoms with E-state index in [4.69, 9.17) is 4.74 Å². The Bertz CT molecular complexity index is 999. The third-order valence-electron chi connectivity index (χ3n) is 5.12. The molecule has 0 N–H and O–H groups in total. The van der Waals surface area contributed by atoms with Crippen molar-refractivity contribution < 1.29 is 13.9 Å². The van der Waals surface area contributed by atoms with Crippen LogP contribution in [0.15, 0.2) is 54.6 Å². The van der Waals surface area contributed by atoms with Crippen LogP contribution < -0.4 is 4.74 Å². The molecule has 5 nitrogen and oxygen atoms in total. The summed E-state index contributed by atoms with van der Waals surface area (Å²) >= 11 is 1.88. The smallest absolute Gasteiger partial charge is 0.226 e. The maximum Gasteiger partial charge on any atom is 0.226 e. The zero-order chi connectivity index (χ0) is 20.9. The number of hydrogen-bond donors (Lipinski definition) is 0. The summed E-state index contributed by atoms with van der Waals surface area (Å²) in [6, 6.07) is 15.6. The molecule has 0 saturated carbocycles. The highest BCUT2D eigenvalue weighted by molar-refractivity contribution is 7.99. The molecule has 0 aliphatic carbocycles. The molecule has 1 fully saturated rings. The minimum Gasteiger partial charge on any atom is -0.439 e. The van der Waals surface area contributed by atoms with Crippen LogP contribution in [0.25, 0.3) is 5.69 Å². The molecule has 1 aromatic heterocycles. The van der Waals surface area contributed by atoms with Gasteiger partial charge < -0.3 is 9.64 Å². The van der Waals surface area contributed by atoms with Gasteiger partial charge in [-0.2, -0.15) is 16.9 Å². The number of carbonyl (C=O) groups excluding carboxylic acids is 1. The Balaban J connectivity index is 1.62. The predicted molar refractivity (Wildman–Crippen MR) is 117 cm³/mol. The van der Waals surface area contributed by atoms with Gasteiger partial charge in [0, 0.05) is 36.6 Å². The molecule has 30 heavy (non-hydrogen) atoms. The molecule has 1 aliphatic heterocycles. The fraction of sp³-hybridized carbons (Fsp3) is 0.304. The molecule has 0 atom stereocenters. The van der Waals surface area contributed by atoms with Crippen LogP contribution >= 0.6 is 11.8 Å². The van der Waals surface area contributed by atoms with Gasteiger partial charge in [0.05, 0.1) is 11.4 Å². The van der Waals surface area contributed by atoms with Gasteiger partial charge in [0.25, 0.3) is 0 Å². The van der Waals surface area contributed by atoms with E-state index in [2.05, 4.69) is 5.10 Å². The van der Waals surface area contributed by atoms with Gasteiger partial charge in [-0.15, -0.1) is 0 Å². The fourth-order valence-corrected chi connectivity index (χ4v) is 4.39. The third kappa shape index (κ3) is 4.67. The Labute approximate surface area is 179 Å². The number of thioether (sulfide) groups is 1. The van der Waals surface area contributed by atoms with Crippen molar-refractivity contribution in [3.63, 3.8) is 0 Å². The molecular formula is C23H24FN3O2S. The predicted octanol–water partition coefficient (Wildman–Crippen LogP) is 4.62. The highest BCUT2D eigenvalue weighted by atomic mass is 32.2. The SMILES string of the molecule is Cc1nn(-c2ccc(F)cc2)c(Oc2ccccc2)c1CCC(=O)N1CCSCC1. The minimum atomic E-state index is -0.307. The molecule has 0 unspecified atom stereocenters. The van der Waals surface area contributed by atoms with E-state index in [1.165, 1.54) is 12.1 Å². The van der Waals surface area contributed by atoms with Gasteiger partial charge in [-0.1, -0.05) is 18.2 Å². The summed E-state index contributed by atoms with van der Waals surface area (Å²) in [5, 5.41) is 4.64. The molecule has 2 heterocycles. The lowest BCUT2D eigenvalue weighted by Crippen LogP contribution is -2.38. The Morgan fingerprint density at radius 3 is 2.50 bits per heavy atom. The highest BCUT2D eigenvalue weighted by Crippen LogP contribution is 2.31. The number of para-hydroxylation sites is 1. The van der Waals surface area contributed by atoms with Crippen molar-refractivity contribution in [3.8, 4) is 17.3 Å². The van der Waals surface area contributed by atoms with Crippen molar-refractivity contribution in [1.82, 2.24) is 14.7 Å². The average Bonchev–Trinajstić information content (AvgIpc) is 3.09. The molecule has 2 aromatic carbocycles. The zero-order valence-corrected chi connectivity index (χ0v) is 17.7. The van der Waals surface area contributed by atoms with Crippen LogP contribution in [0, 0.1) is 12.7 Å². The number of nitrogens with zero attached hydrogens (tertiary/aromatic N) is 3. The van der Waals surface area contributed by atoms with Crippen LogP contribution in [0.2, 0.25) is 0 Å². The van der Waals surface area contributed by atoms with Crippen molar-refractivity contribution in [1.29, 1.82) is 0 Å². The summed E-state index contributed by atoms with van der Waals surface area (Å²) in [4.78, 5) is 14.6. The van der Waals surface area contributed by atoms with Crippen molar-refractivity contribution in [2.24, 2.45) is 0 Å². The van der Waals surface area contributed by atoms with Gasteiger partial charge in [0.1, 0.15) is 11.6 Å². The third-order valence-corrected chi connectivity index (χ3v) is 6.06. The lowest BCUT2D eigenvalue weighted by Gasteiger charge is -2.26. The average molecular weight is 426 g/mol. The molecule has 156 valence electrons. The monoisotopic (exact) mass is 425 g/mol. The first kappa shape index (κ1) is 20.5. The zero-order valence-electron chi connectivity index (χ0n) is 16.9. The maximum atomic E-state index is 13.4. The summed E-state index contributed by atoms with van der Waals surface area (Å²) in [6.07, 6.45) is 0.948. The van der Waals surface area contributed by atoms with Gasteiger partial charge in [-0.3, -0.25) is 4.79 Å². The van der Waals surface area contributed by atoms with Crippen molar-refractivity contribution in [2.45, 2.75) is 19.8 Å². The van der Waals surface area contributed by atoms with Crippen molar-refractivity contribution >= 4 is 17.7 Å². The van der Waals surface area contributed by atoms with Gasteiger partial charge >= 0.3 is 0 Å². The number of aryl methyl sites for hydroxylation is 1. The van der Waals surface area contributed by atoms with Crippen LogP contribution in [-0.4, -0.2) is 45.2 Å². The fourth-order valence-electron chi connectivity index (χ4n) is 3.49. The van der Waals surface area contributed by atoms with E-state index in [1.807, 2.05) is 53.9 Å². The normalized spacial score (nSPS) is 14.0. The molecule has 3 aromatic rings. The molecule has 1 saturated heterocycles. The Morgan fingerprint density at radius 2 is 1.80 bits per heavy atom. The first-order valence-electron chi connectivity index (χ1n) is 10.0. The number of amides is 1. The number of ether oxygens (including phenoxy) is 1. The molecular weight excluding hydrogens is 401 g/mol. The summed E-state index contributed by atoms with van der Waals surface area (Å²) in [5.74, 6) is 3.09. The summed E-state index contributed by atoms with van der Waals surface area (Å²) in [6.45, 7) is 3.53. The van der Waals surface area contributed by atoms with Crippen LogP contribution in [0.3, 0.4) is 0 Å². The minimum absolute atomic E-state index is 0.162. The topological polar surface area (TPSA) is 47.4 Å². The second-order valence-electron chi connectivity index (χ2n) is 7.17. The van der Waals surface area contributed by atoms with Gasteiger partial charge in [0.15, 0.2) is 0 Å². The van der Waals surface area contributed by atoms with E-state index < -0.39 is 0 Å². The van der Waals surface area contributed by atoms with E-state index in [0.717, 1.165) is 35.9 Å². The molecule has 0 spiro atoms. The van der Waals surface area contributed by atoms with Gasteiger partial charge in [0.2, 0.25) is 11.8 Å². The highest BCUT2D eigenvalue weighted by Gasteiger charge is 2.22. The van der Waals surface area contributed by atoms with Crippen LogP contribution in [0.5, 0.6) is 11.6 Å². The number of hydrogen-bond acceptors (Lipinski definition) is 4. The molecule has 0 bridgehead atoms. The molecule has 1 aliphatic rings. The lowest BCUT2D eigenvalue weighted by molar-refractivity contribution is -0.130. The van der Waals surface area contributed by atoms with E-state index >= 15 is 0 Å². The van der Waals surface area contributed by atoms with E-state index in [-0.39, 0.29) is 11.7 Å². The van der Waals surface area contributed by atoms with Gasteiger partial charge in [-0.05, 0) is 49.7 Å². The molecule has 0 radical (unpaired) electrons. The largest absolute Gasteiger partial charge is 0.439 e. The molecule has 4 rings (SSSR count). The van der Waals surface area contributed by atoms with E-state index in [0.29, 0.717) is 30.2 Å². The molecule has 7 heteroatoms. The van der Waals surface area contributed by atoms with Crippen molar-refractivity contribution in [2.75, 3.05) is 24.6 Å². The van der Waals surface area contributed by atoms with Gasteiger partial charge in [-0.25, -0.2) is 9.07 Å². The second-order valence-corrected chi connectivity index (χ2v) is 8.39. The number of halogens is 1. The summed E-state index contributed by atoms with van der Waals surface area (Å²) < 4.78 is 21.3. The number of benzene rings is 2. The van der Waals surface area contributed by atoms with Crippen LogP contribution in [-0.2, 0) is 11.2 Å². The first-order chi connectivity index (χ1) is 14.6. The first-order valence-corrected chi connectivity index (χ1v) is 11.2. The second kappa shape index (κ2) is 9.34. The number of aromatic nitrogens is 2. The van der Waals surface area contributed by atoms with Crippen LogP contribution in [0.1, 0.15) is 17.7 Å². The number of rotatable bonds is 6. The summed E-state index contributed by atoms with van der Waals surface area (Å²) in [5.41, 5.74) is 2.39. The quantitative estimate of drug-likeness (QED) is 0.578. The van der Waals surface area contributed by atoms with E-state index in [9.17, 15) is 9.18 Å². The Morgan fingerprint density at radius 1 is 1.10 bits per heavy atom. The Hall–Kier alpha value is -2.80. The maximum absolute atomic E-state index is 13.4. The lowest BCUT2D eigenvalue weighted by atomic mass is 10.1. The summed E-state index contributed by atoms with van der Waals surface area (Å²) in [7, 11) is 0. The van der Waals surface area contributed by atoms with Crippen LogP contribution in [0.4, 0.5) is 4.39 Å². The Kier molecular flexibility index (Phi) is 6.38. The van der Waals surface area contributed by atoms with E-state index in [1.54, 1.807) is 16.8 Å². The van der Waals surface area contributed by atoms with Crippen molar-refractivity contribution in [3.05, 3.63) is 71.7 Å². The standard InChI is InChI=1S/C23H24FN3O2S/c1-17-21(11-12-22(28)26-13-15-30-16-14-26)23(29-20-5-3-2-4-6-20)27(25-17)19-9-7-18(24)8-10-19/h2-10H,11-16H2,1H3.